The lowest BCUT2D eigenvalue weighted by Crippen LogP contribution is -2.23. The third-order valence-corrected chi connectivity index (χ3v) is 3.05. The number of carboxylic acid groups (broad SMARTS) is 1. The van der Waals surface area contributed by atoms with E-state index in [9.17, 15) is 9.59 Å². The lowest BCUT2D eigenvalue weighted by molar-refractivity contribution is 0.0686. The Hall–Kier alpha value is -1.69. The minimum Gasteiger partial charge on any atom is -0.476 e. The van der Waals surface area contributed by atoms with Crippen molar-refractivity contribution in [2.45, 2.75) is 19.9 Å². The maximum Gasteiger partial charge on any atom is 0.360 e. The molecule has 0 unspecified atom stereocenters. The Morgan fingerprint density at radius 3 is 2.83 bits per heavy atom. The van der Waals surface area contributed by atoms with E-state index in [1.165, 1.54) is 0 Å². The van der Waals surface area contributed by atoms with Crippen LogP contribution in [0.2, 0.25) is 0 Å². The summed E-state index contributed by atoms with van der Waals surface area (Å²) in [6.45, 7) is 2.53. The van der Waals surface area contributed by atoms with E-state index in [0.29, 0.717) is 17.4 Å². The standard InChI is InChI=1S/C12H11BrN2O3/c1-2-5-15-9-4-3-7(13)6-8(9)11(16)10(14-15)12(17)18/h3-4,6H,2,5H2,1H3,(H,17,18). The van der Waals surface area contributed by atoms with Crippen LogP contribution in [0.3, 0.4) is 0 Å². The number of aromatic carboxylic acids is 1. The second-order valence-electron chi connectivity index (χ2n) is 3.87. The molecule has 0 atom stereocenters. The zero-order valence-electron chi connectivity index (χ0n) is 9.68. The highest BCUT2D eigenvalue weighted by Crippen LogP contribution is 2.17. The molecule has 18 heavy (non-hydrogen) atoms. The summed E-state index contributed by atoms with van der Waals surface area (Å²) in [7, 11) is 0. The Morgan fingerprint density at radius 2 is 2.22 bits per heavy atom. The lowest BCUT2D eigenvalue weighted by atomic mass is 10.2. The van der Waals surface area contributed by atoms with Crippen molar-refractivity contribution < 1.29 is 9.90 Å². The van der Waals surface area contributed by atoms with Gasteiger partial charge in [0.05, 0.1) is 10.9 Å². The SMILES string of the molecule is CCCn1nc(C(=O)O)c(=O)c2cc(Br)ccc21. The summed E-state index contributed by atoms with van der Waals surface area (Å²) < 4.78 is 2.30. The van der Waals surface area contributed by atoms with Gasteiger partial charge >= 0.3 is 5.97 Å². The van der Waals surface area contributed by atoms with E-state index >= 15 is 0 Å². The molecule has 1 N–H and O–H groups in total. The van der Waals surface area contributed by atoms with Crippen LogP contribution in [-0.2, 0) is 6.54 Å². The molecule has 0 aliphatic rings. The molecular formula is C12H11BrN2O3. The molecule has 1 aromatic carbocycles. The average Bonchev–Trinajstić information content (AvgIpc) is 2.32. The predicted molar refractivity (Wildman–Crippen MR) is 71.0 cm³/mol. The summed E-state index contributed by atoms with van der Waals surface area (Å²) in [4.78, 5) is 23.0. The van der Waals surface area contributed by atoms with Crippen molar-refractivity contribution in [1.29, 1.82) is 0 Å². The Bertz CT molecular complexity index is 679. The molecule has 0 spiro atoms. The van der Waals surface area contributed by atoms with E-state index in [-0.39, 0.29) is 0 Å². The number of hydrogen-bond acceptors (Lipinski definition) is 3. The number of aryl methyl sites for hydroxylation is 1. The highest BCUT2D eigenvalue weighted by molar-refractivity contribution is 9.10. The normalized spacial score (nSPS) is 10.8. The Labute approximate surface area is 111 Å². The molecule has 0 aliphatic carbocycles. The van der Waals surface area contributed by atoms with E-state index in [2.05, 4.69) is 21.0 Å². The summed E-state index contributed by atoms with van der Waals surface area (Å²) in [6, 6.07) is 5.18. The van der Waals surface area contributed by atoms with Crippen molar-refractivity contribution in [3.05, 3.63) is 38.6 Å². The fourth-order valence-corrected chi connectivity index (χ4v) is 2.15. The summed E-state index contributed by atoms with van der Waals surface area (Å²) in [6.07, 6.45) is 0.806. The molecule has 1 heterocycles. The number of halogens is 1. The molecule has 5 nitrogen and oxygen atoms in total. The second-order valence-corrected chi connectivity index (χ2v) is 4.78. The van der Waals surface area contributed by atoms with Crippen LogP contribution in [-0.4, -0.2) is 20.9 Å². The van der Waals surface area contributed by atoms with Gasteiger partial charge in [0.25, 0.3) is 0 Å². The molecule has 6 heteroatoms. The molecule has 0 aliphatic heterocycles. The molecule has 0 radical (unpaired) electrons. The van der Waals surface area contributed by atoms with E-state index in [4.69, 9.17) is 5.11 Å². The first-order valence-electron chi connectivity index (χ1n) is 5.48. The molecule has 1 aromatic heterocycles. The maximum atomic E-state index is 12.0. The summed E-state index contributed by atoms with van der Waals surface area (Å²) in [5.41, 5.74) is -0.338. The third kappa shape index (κ3) is 2.15. The number of benzene rings is 1. The van der Waals surface area contributed by atoms with Crippen molar-refractivity contribution in [1.82, 2.24) is 9.78 Å². The maximum absolute atomic E-state index is 12.0. The predicted octanol–water partition coefficient (Wildman–Crippen LogP) is 2.27. The van der Waals surface area contributed by atoms with E-state index in [1.807, 2.05) is 6.92 Å². The van der Waals surface area contributed by atoms with Crippen molar-refractivity contribution in [3.63, 3.8) is 0 Å². The number of aromatic nitrogens is 2. The van der Waals surface area contributed by atoms with E-state index in [1.54, 1.807) is 22.9 Å². The zero-order valence-corrected chi connectivity index (χ0v) is 11.3. The Kier molecular flexibility index (Phi) is 3.47. The molecule has 2 rings (SSSR count). The van der Waals surface area contributed by atoms with Gasteiger partial charge in [-0.3, -0.25) is 9.48 Å². The first-order valence-corrected chi connectivity index (χ1v) is 6.27. The molecule has 2 aromatic rings. The Morgan fingerprint density at radius 1 is 1.50 bits per heavy atom. The Balaban J connectivity index is 2.87. The highest BCUT2D eigenvalue weighted by atomic mass is 79.9. The number of rotatable bonds is 3. The van der Waals surface area contributed by atoms with Crippen LogP contribution < -0.4 is 5.43 Å². The summed E-state index contributed by atoms with van der Waals surface area (Å²) in [5, 5.41) is 13.3. The highest BCUT2D eigenvalue weighted by Gasteiger charge is 2.16. The van der Waals surface area contributed by atoms with Gasteiger partial charge in [-0.15, -0.1) is 0 Å². The summed E-state index contributed by atoms with van der Waals surface area (Å²) >= 11 is 3.28. The van der Waals surface area contributed by atoms with Crippen molar-refractivity contribution in [3.8, 4) is 0 Å². The second kappa shape index (κ2) is 4.89. The van der Waals surface area contributed by atoms with Gasteiger partial charge in [-0.25, -0.2) is 4.79 Å². The number of nitrogens with zero attached hydrogens (tertiary/aromatic N) is 2. The quantitative estimate of drug-likeness (QED) is 0.944. The van der Waals surface area contributed by atoms with Crippen LogP contribution >= 0.6 is 15.9 Å². The van der Waals surface area contributed by atoms with Crippen molar-refractivity contribution in [2.24, 2.45) is 0 Å². The number of carboxylic acids is 1. The van der Waals surface area contributed by atoms with Gasteiger partial charge in [-0.1, -0.05) is 22.9 Å². The van der Waals surface area contributed by atoms with Gasteiger partial charge in [0, 0.05) is 11.0 Å². The molecule has 0 saturated heterocycles. The van der Waals surface area contributed by atoms with E-state index < -0.39 is 17.1 Å². The van der Waals surface area contributed by atoms with Crippen LogP contribution in [0, 0.1) is 0 Å². The van der Waals surface area contributed by atoms with Gasteiger partial charge in [-0.2, -0.15) is 5.10 Å². The lowest BCUT2D eigenvalue weighted by Gasteiger charge is -2.09. The topological polar surface area (TPSA) is 72.2 Å². The van der Waals surface area contributed by atoms with Crippen LogP contribution in [0.1, 0.15) is 23.8 Å². The third-order valence-electron chi connectivity index (χ3n) is 2.56. The van der Waals surface area contributed by atoms with Crippen LogP contribution in [0.15, 0.2) is 27.5 Å². The first-order chi connectivity index (χ1) is 8.54. The number of carbonyl (C=O) groups is 1. The monoisotopic (exact) mass is 310 g/mol. The smallest absolute Gasteiger partial charge is 0.360 e. The molecule has 94 valence electrons. The minimum absolute atomic E-state index is 0.366. The van der Waals surface area contributed by atoms with Crippen LogP contribution in [0.25, 0.3) is 10.9 Å². The first kappa shape index (κ1) is 12.8. The van der Waals surface area contributed by atoms with Crippen molar-refractivity contribution >= 4 is 32.8 Å². The largest absolute Gasteiger partial charge is 0.476 e. The molecule has 0 bridgehead atoms. The molecular weight excluding hydrogens is 300 g/mol. The fourth-order valence-electron chi connectivity index (χ4n) is 1.78. The molecule has 0 fully saturated rings. The number of hydrogen-bond donors (Lipinski definition) is 1. The van der Waals surface area contributed by atoms with Gasteiger partial charge in [0.1, 0.15) is 0 Å². The van der Waals surface area contributed by atoms with E-state index in [0.717, 1.165) is 10.9 Å². The molecule has 0 saturated carbocycles. The average molecular weight is 311 g/mol. The fraction of sp³-hybridized carbons (Fsp3) is 0.250. The van der Waals surface area contributed by atoms with Gasteiger partial charge in [0.15, 0.2) is 0 Å². The van der Waals surface area contributed by atoms with Crippen molar-refractivity contribution in [2.75, 3.05) is 0 Å². The summed E-state index contributed by atoms with van der Waals surface area (Å²) in [5.74, 6) is -1.30. The number of fused-ring (bicyclic) bond motifs is 1. The minimum atomic E-state index is -1.30. The van der Waals surface area contributed by atoms with Crippen LogP contribution in [0.5, 0.6) is 0 Å². The van der Waals surface area contributed by atoms with Gasteiger partial charge in [0.2, 0.25) is 11.1 Å². The van der Waals surface area contributed by atoms with Gasteiger partial charge in [-0.05, 0) is 24.6 Å². The van der Waals surface area contributed by atoms with Gasteiger partial charge < -0.3 is 5.11 Å². The zero-order chi connectivity index (χ0) is 13.3. The van der Waals surface area contributed by atoms with Crippen LogP contribution in [0.4, 0.5) is 0 Å². The molecule has 0 amide bonds.